The summed E-state index contributed by atoms with van der Waals surface area (Å²) < 4.78 is 9.44. The van der Waals surface area contributed by atoms with Gasteiger partial charge < -0.3 is 4.74 Å². The first kappa shape index (κ1) is 24.5. The molecule has 2 aliphatic rings. The normalized spacial score (nSPS) is 16.3. The van der Waals surface area contributed by atoms with Crippen LogP contribution in [0.5, 0.6) is 5.75 Å². The van der Waals surface area contributed by atoms with E-state index in [1.165, 1.54) is 32.9 Å². The summed E-state index contributed by atoms with van der Waals surface area (Å²) in [5.74, 6) is 0.765. The van der Waals surface area contributed by atoms with Gasteiger partial charge in [0.05, 0.1) is 20.7 Å². The van der Waals surface area contributed by atoms with Gasteiger partial charge in [-0.25, -0.2) is 4.99 Å². The molecule has 0 bridgehead atoms. The number of aryl methyl sites for hydroxylation is 1. The van der Waals surface area contributed by atoms with Crippen LogP contribution in [0.4, 0.5) is 0 Å². The fraction of sp³-hybridized carbons (Fsp3) is 0.125. The number of allylic oxidation sites excluding steroid dienone is 1. The highest BCUT2D eigenvalue weighted by Gasteiger charge is 2.33. The van der Waals surface area contributed by atoms with E-state index in [2.05, 4.69) is 57.7 Å². The maximum atomic E-state index is 13.9. The van der Waals surface area contributed by atoms with E-state index in [-0.39, 0.29) is 11.6 Å². The van der Waals surface area contributed by atoms with Crippen molar-refractivity contribution < 1.29 is 4.74 Å². The summed E-state index contributed by atoms with van der Waals surface area (Å²) >= 11 is 6.81. The van der Waals surface area contributed by atoms with Gasteiger partial charge >= 0.3 is 0 Å². The number of aromatic nitrogens is 1. The first-order valence-corrected chi connectivity index (χ1v) is 15.3. The van der Waals surface area contributed by atoms with Gasteiger partial charge in [-0.05, 0) is 80.7 Å². The second-order valence-corrected chi connectivity index (χ2v) is 12.4. The number of hydrogen-bond donors (Lipinski definition) is 0. The molecule has 1 unspecified atom stereocenters. The SMILES string of the molecule is O=c1/c(=C\c2ccc(OCc3ccccc3)c(Br)c2)sc2n1C(c1cccs1)C1=C(N=2)c2ccccc2CC1. The Kier molecular flexibility index (Phi) is 6.43. The molecule has 192 valence electrons. The fourth-order valence-corrected chi connectivity index (χ4v) is 7.69. The molecule has 5 aromatic rings. The first-order chi connectivity index (χ1) is 19.2. The van der Waals surface area contributed by atoms with Crippen molar-refractivity contribution in [3.05, 3.63) is 147 Å². The zero-order valence-corrected chi connectivity index (χ0v) is 24.1. The number of thiophene rings is 1. The summed E-state index contributed by atoms with van der Waals surface area (Å²) in [6, 6.07) is 28.6. The van der Waals surface area contributed by atoms with Crippen molar-refractivity contribution in [3.8, 4) is 5.75 Å². The first-order valence-electron chi connectivity index (χ1n) is 12.8. The third kappa shape index (κ3) is 4.54. The molecule has 0 amide bonds. The lowest BCUT2D eigenvalue weighted by atomic mass is 9.85. The predicted molar refractivity (Wildman–Crippen MR) is 162 cm³/mol. The van der Waals surface area contributed by atoms with Gasteiger partial charge in [-0.15, -0.1) is 11.3 Å². The minimum atomic E-state index is -0.118. The Morgan fingerprint density at radius 3 is 2.67 bits per heavy atom. The lowest BCUT2D eigenvalue weighted by Gasteiger charge is -2.30. The minimum Gasteiger partial charge on any atom is -0.488 e. The molecule has 7 heteroatoms. The summed E-state index contributed by atoms with van der Waals surface area (Å²) in [4.78, 5) is 20.9. The fourth-order valence-electron chi connectivity index (χ4n) is 5.33. The van der Waals surface area contributed by atoms with E-state index < -0.39 is 0 Å². The molecule has 4 nitrogen and oxygen atoms in total. The van der Waals surface area contributed by atoms with Crippen LogP contribution in [0.15, 0.2) is 110 Å². The van der Waals surface area contributed by atoms with Crippen LogP contribution >= 0.6 is 38.6 Å². The molecule has 0 saturated heterocycles. The van der Waals surface area contributed by atoms with E-state index in [1.54, 1.807) is 11.3 Å². The van der Waals surface area contributed by atoms with Crippen LogP contribution in [-0.4, -0.2) is 4.57 Å². The number of halogens is 1. The van der Waals surface area contributed by atoms with Gasteiger partial charge in [0.25, 0.3) is 5.56 Å². The van der Waals surface area contributed by atoms with E-state index >= 15 is 0 Å². The highest BCUT2D eigenvalue weighted by molar-refractivity contribution is 9.10. The highest BCUT2D eigenvalue weighted by atomic mass is 79.9. The van der Waals surface area contributed by atoms with Crippen LogP contribution in [-0.2, 0) is 13.0 Å². The van der Waals surface area contributed by atoms with Gasteiger partial charge in [0, 0.05) is 10.4 Å². The van der Waals surface area contributed by atoms with Crippen molar-refractivity contribution in [2.24, 2.45) is 4.99 Å². The smallest absolute Gasteiger partial charge is 0.271 e. The summed E-state index contributed by atoms with van der Waals surface area (Å²) in [6.45, 7) is 0.494. The Bertz CT molecular complexity index is 1900. The van der Waals surface area contributed by atoms with Gasteiger partial charge in [0.2, 0.25) is 0 Å². The third-order valence-electron chi connectivity index (χ3n) is 7.18. The van der Waals surface area contributed by atoms with Crippen LogP contribution in [0.3, 0.4) is 0 Å². The van der Waals surface area contributed by atoms with E-state index in [4.69, 9.17) is 9.73 Å². The summed E-state index contributed by atoms with van der Waals surface area (Å²) in [7, 11) is 0. The monoisotopic (exact) mass is 610 g/mol. The molecule has 0 radical (unpaired) electrons. The Balaban J connectivity index is 1.29. The van der Waals surface area contributed by atoms with E-state index in [0.29, 0.717) is 11.1 Å². The molecule has 1 aliphatic carbocycles. The Morgan fingerprint density at radius 1 is 1.00 bits per heavy atom. The molecule has 7 rings (SSSR count). The molecule has 3 aromatic carbocycles. The molecule has 0 N–H and O–H groups in total. The average molecular weight is 612 g/mol. The maximum Gasteiger partial charge on any atom is 0.271 e. The number of nitrogens with zero attached hydrogens (tertiary/aromatic N) is 2. The second-order valence-electron chi connectivity index (χ2n) is 9.59. The summed E-state index contributed by atoms with van der Waals surface area (Å²) in [5, 5.41) is 2.08. The van der Waals surface area contributed by atoms with Gasteiger partial charge in [-0.3, -0.25) is 9.36 Å². The van der Waals surface area contributed by atoms with Crippen LogP contribution < -0.4 is 19.6 Å². The van der Waals surface area contributed by atoms with E-state index in [9.17, 15) is 4.79 Å². The van der Waals surface area contributed by atoms with Gasteiger partial charge in [0.1, 0.15) is 12.4 Å². The zero-order valence-electron chi connectivity index (χ0n) is 20.8. The molecule has 1 aliphatic heterocycles. The van der Waals surface area contributed by atoms with Crippen LogP contribution in [0.2, 0.25) is 0 Å². The molecule has 1 atom stereocenters. The quantitative estimate of drug-likeness (QED) is 0.222. The number of rotatable bonds is 5. The maximum absolute atomic E-state index is 13.9. The Hall–Kier alpha value is -3.52. The van der Waals surface area contributed by atoms with Gasteiger partial charge in [0.15, 0.2) is 4.80 Å². The van der Waals surface area contributed by atoms with Gasteiger partial charge in [-0.1, -0.05) is 78.1 Å². The van der Waals surface area contributed by atoms with Crippen molar-refractivity contribution in [1.29, 1.82) is 0 Å². The number of fused-ring (bicyclic) bond motifs is 3. The Morgan fingerprint density at radius 2 is 1.85 bits per heavy atom. The molecular weight excluding hydrogens is 588 g/mol. The van der Waals surface area contributed by atoms with Crippen LogP contribution in [0.1, 0.15) is 39.6 Å². The van der Waals surface area contributed by atoms with E-state index in [0.717, 1.165) is 44.7 Å². The molecule has 0 fully saturated rings. The van der Waals surface area contributed by atoms with Gasteiger partial charge in [-0.2, -0.15) is 0 Å². The second kappa shape index (κ2) is 10.2. The number of benzene rings is 3. The summed E-state index contributed by atoms with van der Waals surface area (Å²) in [5.41, 5.74) is 6.82. The van der Waals surface area contributed by atoms with Crippen molar-refractivity contribution in [1.82, 2.24) is 4.57 Å². The number of thiazole rings is 1. The number of ether oxygens (including phenoxy) is 1. The van der Waals surface area contributed by atoms with Crippen LogP contribution in [0, 0.1) is 0 Å². The third-order valence-corrected chi connectivity index (χ3v) is 9.70. The van der Waals surface area contributed by atoms with Crippen molar-refractivity contribution in [2.45, 2.75) is 25.5 Å². The van der Waals surface area contributed by atoms with Crippen molar-refractivity contribution in [2.75, 3.05) is 0 Å². The summed E-state index contributed by atoms with van der Waals surface area (Å²) in [6.07, 6.45) is 3.82. The minimum absolute atomic E-state index is 0.00286. The predicted octanol–water partition coefficient (Wildman–Crippen LogP) is 6.72. The van der Waals surface area contributed by atoms with Crippen molar-refractivity contribution in [3.63, 3.8) is 0 Å². The average Bonchev–Trinajstić information content (AvgIpc) is 3.60. The molecule has 0 saturated carbocycles. The lowest BCUT2D eigenvalue weighted by molar-refractivity contribution is 0.304. The standard InChI is InChI=1S/C32H23BrN2O2S2/c33-25-17-21(12-15-26(25)37-19-20-7-2-1-3-8-20)18-28-31(36)35-30(27-11-6-16-38-27)24-14-13-22-9-4-5-10-23(22)29(24)34-32(35)39-28/h1-12,15-18,30H,13-14,19H2/b28-18+. The zero-order chi connectivity index (χ0) is 26.3. The molecule has 2 aromatic heterocycles. The molecule has 0 spiro atoms. The van der Waals surface area contributed by atoms with Crippen LogP contribution in [0.25, 0.3) is 11.8 Å². The molecule has 3 heterocycles. The highest BCUT2D eigenvalue weighted by Crippen LogP contribution is 2.42. The Labute approximate surface area is 242 Å². The largest absolute Gasteiger partial charge is 0.488 e. The molecule has 39 heavy (non-hydrogen) atoms. The topological polar surface area (TPSA) is 43.6 Å². The van der Waals surface area contributed by atoms with E-state index in [1.807, 2.05) is 59.2 Å². The molecular formula is C32H23BrN2O2S2. The lowest BCUT2D eigenvalue weighted by Crippen LogP contribution is -2.38. The van der Waals surface area contributed by atoms with Crippen molar-refractivity contribution >= 4 is 50.4 Å². The number of hydrogen-bond acceptors (Lipinski definition) is 5.